The van der Waals surface area contributed by atoms with Crippen LogP contribution in [0.3, 0.4) is 0 Å². The lowest BCUT2D eigenvalue weighted by molar-refractivity contribution is -0.139. The molecule has 0 amide bonds. The number of nitrogens with two attached hydrogens (primary N) is 1. The maximum Gasteiger partial charge on any atom is 0.325 e. The van der Waals surface area contributed by atoms with E-state index < -0.39 is 32.5 Å². The van der Waals surface area contributed by atoms with E-state index in [1.54, 1.807) is 36.4 Å². The summed E-state index contributed by atoms with van der Waals surface area (Å²) in [5, 5.41) is 8.77. The molecule has 0 unspecified atom stereocenters. The molecular weight excluding hydrogens is 350 g/mol. The molecule has 1 aliphatic rings. The van der Waals surface area contributed by atoms with Crippen LogP contribution in [0.25, 0.3) is 0 Å². The van der Waals surface area contributed by atoms with Crippen LogP contribution in [0.1, 0.15) is 17.0 Å². The topological polar surface area (TPSA) is 97.5 Å². The fourth-order valence-electron chi connectivity index (χ4n) is 3.06. The molecule has 2 aromatic carbocycles. The Bertz CT molecular complexity index is 893. The molecule has 0 aliphatic heterocycles. The van der Waals surface area contributed by atoms with Crippen molar-refractivity contribution in [2.24, 2.45) is 5.73 Å². The summed E-state index contributed by atoms with van der Waals surface area (Å²) in [5.41, 5.74) is 5.60. The van der Waals surface area contributed by atoms with Gasteiger partial charge in [-0.05, 0) is 36.8 Å². The highest BCUT2D eigenvalue weighted by Crippen LogP contribution is 2.55. The number of hydrogen-bond donors (Lipinski definition) is 2. The molecule has 126 valence electrons. The number of benzene rings is 2. The second-order valence-corrected chi connectivity index (χ2v) is 8.55. The maximum absolute atomic E-state index is 12.9. The van der Waals surface area contributed by atoms with Gasteiger partial charge >= 0.3 is 5.97 Å². The molecule has 0 bridgehead atoms. The van der Waals surface area contributed by atoms with Crippen LogP contribution < -0.4 is 5.73 Å². The molecule has 7 heteroatoms. The lowest BCUT2D eigenvalue weighted by Crippen LogP contribution is -2.39. The molecule has 0 aromatic heterocycles. The first-order valence-electron chi connectivity index (χ1n) is 7.27. The minimum Gasteiger partial charge on any atom is -0.480 e. The van der Waals surface area contributed by atoms with Gasteiger partial charge in [-0.3, -0.25) is 4.79 Å². The number of carboxylic acid groups (broad SMARTS) is 1. The summed E-state index contributed by atoms with van der Waals surface area (Å²) in [5.74, 6) is -2.15. The van der Waals surface area contributed by atoms with Crippen LogP contribution in [0, 0.1) is 6.92 Å². The van der Waals surface area contributed by atoms with Gasteiger partial charge in [-0.2, -0.15) is 0 Å². The van der Waals surface area contributed by atoms with Crippen molar-refractivity contribution >= 4 is 27.4 Å². The Labute approximate surface area is 145 Å². The Morgan fingerprint density at radius 1 is 1.12 bits per heavy atom. The van der Waals surface area contributed by atoms with E-state index in [4.69, 9.17) is 17.3 Å². The standard InChI is InChI=1S/C17H16ClNO4S/c1-10-2-8-13(9-3-10)24(22,23)15-14(17(15,19)16(20)21)11-4-6-12(18)7-5-11/h2-9,14-15H,19H2,1H3,(H,20,21)/t14-,15-,17+/m1/s1. The summed E-state index contributed by atoms with van der Waals surface area (Å²) in [6.45, 7) is 1.84. The van der Waals surface area contributed by atoms with Crippen molar-refractivity contribution in [3.8, 4) is 0 Å². The Balaban J connectivity index is 2.06. The van der Waals surface area contributed by atoms with Crippen LogP contribution in [0.4, 0.5) is 0 Å². The molecule has 0 radical (unpaired) electrons. The fraction of sp³-hybridized carbons (Fsp3) is 0.235. The molecule has 0 saturated heterocycles. The molecule has 24 heavy (non-hydrogen) atoms. The molecule has 2 aromatic rings. The highest BCUT2D eigenvalue weighted by Gasteiger charge is 2.74. The number of carbonyl (C=O) groups is 1. The van der Waals surface area contributed by atoms with E-state index in [1.165, 1.54) is 12.1 Å². The van der Waals surface area contributed by atoms with E-state index >= 15 is 0 Å². The van der Waals surface area contributed by atoms with Crippen LogP contribution in [0.2, 0.25) is 5.02 Å². The third-order valence-corrected chi connectivity index (χ3v) is 6.97. The van der Waals surface area contributed by atoms with Crippen LogP contribution in [0.15, 0.2) is 53.4 Å². The molecule has 3 rings (SSSR count). The predicted octanol–water partition coefficient (Wildman–Crippen LogP) is 2.37. The quantitative estimate of drug-likeness (QED) is 0.866. The normalized spacial score (nSPS) is 26.1. The highest BCUT2D eigenvalue weighted by molar-refractivity contribution is 7.92. The summed E-state index contributed by atoms with van der Waals surface area (Å²) >= 11 is 5.84. The van der Waals surface area contributed by atoms with E-state index in [0.717, 1.165) is 5.56 Å². The minimum atomic E-state index is -3.88. The van der Waals surface area contributed by atoms with Gasteiger partial charge in [0, 0.05) is 10.9 Å². The van der Waals surface area contributed by atoms with Crippen LogP contribution >= 0.6 is 11.6 Å². The number of aryl methyl sites for hydroxylation is 1. The predicted molar refractivity (Wildman–Crippen MR) is 90.9 cm³/mol. The number of carboxylic acids is 1. The zero-order valence-electron chi connectivity index (χ0n) is 12.8. The van der Waals surface area contributed by atoms with Crippen molar-refractivity contribution in [2.45, 2.75) is 28.5 Å². The number of rotatable bonds is 4. The van der Waals surface area contributed by atoms with Gasteiger partial charge in [0.2, 0.25) is 0 Å². The van der Waals surface area contributed by atoms with Gasteiger partial charge in [0.15, 0.2) is 9.84 Å². The Kier molecular flexibility index (Phi) is 3.94. The summed E-state index contributed by atoms with van der Waals surface area (Å²) < 4.78 is 25.8. The molecule has 3 atom stereocenters. The van der Waals surface area contributed by atoms with Crippen LogP contribution in [-0.4, -0.2) is 30.3 Å². The van der Waals surface area contributed by atoms with Crippen molar-refractivity contribution in [3.63, 3.8) is 0 Å². The lowest BCUT2D eigenvalue weighted by atomic mass is 10.1. The van der Waals surface area contributed by atoms with E-state index in [-0.39, 0.29) is 4.90 Å². The van der Waals surface area contributed by atoms with Gasteiger partial charge in [0.25, 0.3) is 0 Å². The van der Waals surface area contributed by atoms with Crippen molar-refractivity contribution in [2.75, 3.05) is 0 Å². The van der Waals surface area contributed by atoms with Gasteiger partial charge in [-0.25, -0.2) is 8.42 Å². The largest absolute Gasteiger partial charge is 0.480 e. The van der Waals surface area contributed by atoms with Gasteiger partial charge in [-0.1, -0.05) is 41.4 Å². The second-order valence-electron chi connectivity index (χ2n) is 6.05. The third-order valence-electron chi connectivity index (χ3n) is 4.46. The number of sulfone groups is 1. The smallest absolute Gasteiger partial charge is 0.325 e. The Hall–Kier alpha value is -1.89. The zero-order valence-corrected chi connectivity index (χ0v) is 14.4. The SMILES string of the molecule is Cc1ccc(S(=O)(=O)[C@@H]2[C@@H](c3ccc(Cl)cc3)[C@@]2(N)C(=O)O)cc1. The lowest BCUT2D eigenvalue weighted by Gasteiger charge is -2.07. The summed E-state index contributed by atoms with van der Waals surface area (Å²) in [7, 11) is -3.88. The molecule has 3 N–H and O–H groups in total. The number of halogens is 1. The van der Waals surface area contributed by atoms with E-state index in [9.17, 15) is 18.3 Å². The third kappa shape index (κ3) is 2.51. The molecular formula is C17H16ClNO4S. The summed E-state index contributed by atoms with van der Waals surface area (Å²) in [4.78, 5) is 11.7. The van der Waals surface area contributed by atoms with E-state index in [0.29, 0.717) is 10.6 Å². The van der Waals surface area contributed by atoms with Gasteiger partial charge in [-0.15, -0.1) is 0 Å². The Morgan fingerprint density at radius 2 is 1.67 bits per heavy atom. The molecule has 0 heterocycles. The van der Waals surface area contributed by atoms with Gasteiger partial charge in [0.05, 0.1) is 4.90 Å². The zero-order chi connectivity index (χ0) is 17.7. The molecule has 1 saturated carbocycles. The minimum absolute atomic E-state index is 0.0747. The first-order chi connectivity index (χ1) is 11.2. The van der Waals surface area contributed by atoms with Crippen molar-refractivity contribution < 1.29 is 18.3 Å². The van der Waals surface area contributed by atoms with E-state index in [2.05, 4.69) is 0 Å². The first kappa shape index (κ1) is 17.0. The van der Waals surface area contributed by atoms with Gasteiger partial charge in [0.1, 0.15) is 10.8 Å². The maximum atomic E-state index is 12.9. The summed E-state index contributed by atoms with van der Waals surface area (Å²) in [6.07, 6.45) is 0. The van der Waals surface area contributed by atoms with E-state index in [1.807, 2.05) is 6.92 Å². The highest BCUT2D eigenvalue weighted by atomic mass is 35.5. The van der Waals surface area contributed by atoms with Crippen LogP contribution in [0.5, 0.6) is 0 Å². The second kappa shape index (κ2) is 5.58. The number of hydrogen-bond acceptors (Lipinski definition) is 4. The van der Waals surface area contributed by atoms with Crippen molar-refractivity contribution in [1.29, 1.82) is 0 Å². The summed E-state index contributed by atoms with van der Waals surface area (Å²) in [6, 6.07) is 12.7. The van der Waals surface area contributed by atoms with Crippen molar-refractivity contribution in [3.05, 3.63) is 64.7 Å². The Morgan fingerprint density at radius 3 is 2.17 bits per heavy atom. The average molecular weight is 366 g/mol. The number of aliphatic carboxylic acids is 1. The van der Waals surface area contributed by atoms with Crippen LogP contribution in [-0.2, 0) is 14.6 Å². The monoisotopic (exact) mass is 365 g/mol. The molecule has 1 fully saturated rings. The molecule has 5 nitrogen and oxygen atoms in total. The first-order valence-corrected chi connectivity index (χ1v) is 9.19. The van der Waals surface area contributed by atoms with Crippen molar-refractivity contribution in [1.82, 2.24) is 0 Å². The molecule has 1 aliphatic carbocycles. The molecule has 0 spiro atoms. The average Bonchev–Trinajstić information content (AvgIpc) is 3.17. The fourth-order valence-corrected chi connectivity index (χ4v) is 5.42. The van der Waals surface area contributed by atoms with Gasteiger partial charge < -0.3 is 10.8 Å².